The monoisotopic (exact) mass is 521 g/mol. The van der Waals surface area contributed by atoms with Gasteiger partial charge in [0.1, 0.15) is 29.8 Å². The molecular formula is C25H35N3O7S. The van der Waals surface area contributed by atoms with E-state index in [1.54, 1.807) is 50.4 Å². The summed E-state index contributed by atoms with van der Waals surface area (Å²) in [5.74, 6) is 0.382. The van der Waals surface area contributed by atoms with E-state index in [2.05, 4.69) is 5.32 Å². The van der Waals surface area contributed by atoms with Crippen molar-refractivity contribution in [1.29, 1.82) is 0 Å². The molecule has 2 aromatic carbocycles. The molecule has 1 unspecified atom stereocenters. The maximum absolute atomic E-state index is 13.6. The number of benzene rings is 2. The molecule has 0 saturated heterocycles. The van der Waals surface area contributed by atoms with Crippen molar-refractivity contribution in [3.05, 3.63) is 48.0 Å². The maximum atomic E-state index is 13.6. The van der Waals surface area contributed by atoms with Gasteiger partial charge in [0.25, 0.3) is 0 Å². The Labute approximate surface area is 213 Å². The normalized spacial score (nSPS) is 12.0. The molecule has 0 heterocycles. The fourth-order valence-electron chi connectivity index (χ4n) is 3.50. The number of sulfonamides is 1. The van der Waals surface area contributed by atoms with Gasteiger partial charge in [-0.2, -0.15) is 0 Å². The summed E-state index contributed by atoms with van der Waals surface area (Å²) in [5, 5.41) is 2.81. The van der Waals surface area contributed by atoms with Gasteiger partial charge >= 0.3 is 0 Å². The topological polar surface area (TPSA) is 114 Å². The van der Waals surface area contributed by atoms with Gasteiger partial charge in [0.05, 0.1) is 33.3 Å². The van der Waals surface area contributed by atoms with Crippen LogP contribution in [0.25, 0.3) is 0 Å². The van der Waals surface area contributed by atoms with Crippen LogP contribution in [0.5, 0.6) is 17.2 Å². The molecule has 2 rings (SSSR count). The largest absolute Gasteiger partial charge is 0.497 e. The first-order valence-corrected chi connectivity index (χ1v) is 13.2. The zero-order valence-corrected chi connectivity index (χ0v) is 22.6. The number of anilines is 1. The zero-order valence-electron chi connectivity index (χ0n) is 21.8. The van der Waals surface area contributed by atoms with Gasteiger partial charge in [-0.25, -0.2) is 8.42 Å². The fourth-order valence-corrected chi connectivity index (χ4v) is 4.35. The Hall–Kier alpha value is -3.47. The van der Waals surface area contributed by atoms with Gasteiger partial charge in [-0.3, -0.25) is 13.9 Å². The van der Waals surface area contributed by atoms with Gasteiger partial charge < -0.3 is 24.4 Å². The number of amides is 2. The van der Waals surface area contributed by atoms with E-state index in [9.17, 15) is 18.0 Å². The number of hydrogen-bond acceptors (Lipinski definition) is 7. The van der Waals surface area contributed by atoms with E-state index in [0.717, 1.165) is 16.1 Å². The summed E-state index contributed by atoms with van der Waals surface area (Å²) in [4.78, 5) is 27.8. The SMILES string of the molecule is COc1ccc(CN(C(=O)CN(c2cc(OC)ccc2OC)S(C)(=O)=O)C(C)C(=O)NC(C)C)cc1. The minimum Gasteiger partial charge on any atom is -0.497 e. The number of ether oxygens (including phenoxy) is 3. The summed E-state index contributed by atoms with van der Waals surface area (Å²) < 4.78 is 42.3. The zero-order chi connectivity index (χ0) is 27.0. The molecule has 0 spiro atoms. The van der Waals surface area contributed by atoms with Crippen molar-refractivity contribution in [2.75, 3.05) is 38.4 Å². The van der Waals surface area contributed by atoms with Gasteiger partial charge in [0, 0.05) is 18.7 Å². The first-order chi connectivity index (χ1) is 16.9. The van der Waals surface area contributed by atoms with E-state index in [-0.39, 0.29) is 29.9 Å². The van der Waals surface area contributed by atoms with E-state index in [4.69, 9.17) is 14.2 Å². The molecule has 2 aromatic rings. The van der Waals surface area contributed by atoms with Crippen molar-refractivity contribution in [2.45, 2.75) is 39.4 Å². The third-order valence-electron chi connectivity index (χ3n) is 5.44. The number of carbonyl (C=O) groups is 2. The lowest BCUT2D eigenvalue weighted by Gasteiger charge is -2.32. The lowest BCUT2D eigenvalue weighted by atomic mass is 10.1. The van der Waals surface area contributed by atoms with Crippen molar-refractivity contribution in [3.63, 3.8) is 0 Å². The van der Waals surface area contributed by atoms with Crippen LogP contribution in [0.15, 0.2) is 42.5 Å². The molecular weight excluding hydrogens is 486 g/mol. The minimum atomic E-state index is -3.92. The molecule has 198 valence electrons. The molecule has 0 aliphatic carbocycles. The number of hydrogen-bond donors (Lipinski definition) is 1. The Morgan fingerprint density at radius 1 is 0.917 bits per heavy atom. The van der Waals surface area contributed by atoms with E-state index in [1.807, 2.05) is 13.8 Å². The molecule has 1 N–H and O–H groups in total. The molecule has 2 amide bonds. The summed E-state index contributed by atoms with van der Waals surface area (Å²) in [6.07, 6.45) is 1.00. The quantitative estimate of drug-likeness (QED) is 0.456. The minimum absolute atomic E-state index is 0.0857. The van der Waals surface area contributed by atoms with Crippen molar-refractivity contribution >= 4 is 27.5 Å². The highest BCUT2D eigenvalue weighted by Crippen LogP contribution is 2.34. The number of nitrogens with one attached hydrogen (secondary N) is 1. The van der Waals surface area contributed by atoms with Crippen molar-refractivity contribution in [3.8, 4) is 17.2 Å². The summed E-state index contributed by atoms with van der Waals surface area (Å²) in [7, 11) is 0.490. The van der Waals surface area contributed by atoms with Gasteiger partial charge in [-0.1, -0.05) is 12.1 Å². The second kappa shape index (κ2) is 12.5. The summed E-state index contributed by atoms with van der Waals surface area (Å²) in [6, 6.07) is 10.7. The molecule has 0 radical (unpaired) electrons. The van der Waals surface area contributed by atoms with Crippen LogP contribution in [0, 0.1) is 0 Å². The first kappa shape index (κ1) is 28.8. The molecule has 0 aliphatic rings. The highest BCUT2D eigenvalue weighted by Gasteiger charge is 2.31. The van der Waals surface area contributed by atoms with Crippen LogP contribution in [-0.4, -0.2) is 71.3 Å². The predicted octanol–water partition coefficient (Wildman–Crippen LogP) is 2.42. The lowest BCUT2D eigenvalue weighted by molar-refractivity contribution is -0.139. The third-order valence-corrected chi connectivity index (χ3v) is 6.57. The van der Waals surface area contributed by atoms with Gasteiger partial charge in [-0.05, 0) is 50.6 Å². The van der Waals surface area contributed by atoms with Crippen LogP contribution in [0.2, 0.25) is 0 Å². The van der Waals surface area contributed by atoms with E-state index in [1.165, 1.54) is 25.2 Å². The molecule has 36 heavy (non-hydrogen) atoms. The Kier molecular flexibility index (Phi) is 9.97. The maximum Gasteiger partial charge on any atom is 0.244 e. The molecule has 0 saturated carbocycles. The number of nitrogens with zero attached hydrogens (tertiary/aromatic N) is 2. The average Bonchev–Trinajstić information content (AvgIpc) is 2.84. The standard InChI is InChI=1S/C25H35N3O7S/c1-17(2)26-25(30)18(3)27(15-19-8-10-20(33-4)11-9-19)24(29)16-28(36(7,31)32)22-14-21(34-5)12-13-23(22)35-6/h8-14,17-18H,15-16H2,1-7H3,(H,26,30). The highest BCUT2D eigenvalue weighted by molar-refractivity contribution is 7.92. The Morgan fingerprint density at radius 3 is 2.00 bits per heavy atom. The van der Waals surface area contributed by atoms with Gasteiger partial charge in [0.2, 0.25) is 21.8 Å². The van der Waals surface area contributed by atoms with Crippen molar-refractivity contribution < 1.29 is 32.2 Å². The van der Waals surface area contributed by atoms with Crippen LogP contribution < -0.4 is 23.8 Å². The molecule has 0 aliphatic heterocycles. The van der Waals surface area contributed by atoms with E-state index >= 15 is 0 Å². The van der Waals surface area contributed by atoms with E-state index in [0.29, 0.717) is 11.5 Å². The molecule has 0 fully saturated rings. The average molecular weight is 522 g/mol. The summed E-state index contributed by atoms with van der Waals surface area (Å²) in [5.41, 5.74) is 0.898. The van der Waals surface area contributed by atoms with Crippen LogP contribution in [0.1, 0.15) is 26.3 Å². The number of methoxy groups -OCH3 is 3. The van der Waals surface area contributed by atoms with E-state index < -0.39 is 28.5 Å². The van der Waals surface area contributed by atoms with Crippen molar-refractivity contribution in [1.82, 2.24) is 10.2 Å². The lowest BCUT2D eigenvalue weighted by Crippen LogP contribution is -2.52. The van der Waals surface area contributed by atoms with Crippen LogP contribution in [0.3, 0.4) is 0 Å². The van der Waals surface area contributed by atoms with Gasteiger partial charge in [0.15, 0.2) is 0 Å². The summed E-state index contributed by atoms with van der Waals surface area (Å²) in [6.45, 7) is 4.79. The molecule has 1 atom stereocenters. The molecule has 0 bridgehead atoms. The molecule has 11 heteroatoms. The second-order valence-corrected chi connectivity index (χ2v) is 10.4. The van der Waals surface area contributed by atoms with Gasteiger partial charge in [-0.15, -0.1) is 0 Å². The number of rotatable bonds is 12. The number of carbonyl (C=O) groups excluding carboxylic acids is 2. The smallest absolute Gasteiger partial charge is 0.244 e. The Bertz CT molecular complexity index is 1150. The third kappa shape index (κ3) is 7.51. The van der Waals surface area contributed by atoms with Crippen molar-refractivity contribution in [2.24, 2.45) is 0 Å². The van der Waals surface area contributed by atoms with Crippen LogP contribution in [0.4, 0.5) is 5.69 Å². The molecule has 0 aromatic heterocycles. The molecule has 10 nitrogen and oxygen atoms in total. The highest BCUT2D eigenvalue weighted by atomic mass is 32.2. The van der Waals surface area contributed by atoms with Crippen LogP contribution in [-0.2, 0) is 26.2 Å². The summed E-state index contributed by atoms with van der Waals surface area (Å²) >= 11 is 0. The fraction of sp³-hybridized carbons (Fsp3) is 0.440. The first-order valence-electron chi connectivity index (χ1n) is 11.3. The van der Waals surface area contributed by atoms with Crippen LogP contribution >= 0.6 is 0 Å². The Morgan fingerprint density at radius 2 is 1.50 bits per heavy atom. The Balaban J connectivity index is 2.47. The predicted molar refractivity (Wildman–Crippen MR) is 138 cm³/mol. The second-order valence-electron chi connectivity index (χ2n) is 8.52.